The summed E-state index contributed by atoms with van der Waals surface area (Å²) in [4.78, 5) is 2.65. The van der Waals surface area contributed by atoms with E-state index in [4.69, 9.17) is 5.73 Å². The first-order chi connectivity index (χ1) is 8.51. The predicted octanol–water partition coefficient (Wildman–Crippen LogP) is 3.40. The fourth-order valence-corrected chi connectivity index (χ4v) is 3.90. The van der Waals surface area contributed by atoms with Gasteiger partial charge in [0.2, 0.25) is 0 Å². The second-order valence-corrected chi connectivity index (χ2v) is 7.25. The minimum absolute atomic E-state index is 0.186. The number of piperidine rings is 1. The Morgan fingerprint density at radius 2 is 1.56 bits per heavy atom. The van der Waals surface area contributed by atoms with E-state index in [0.29, 0.717) is 6.04 Å². The quantitative estimate of drug-likeness (QED) is 0.834. The molecule has 0 aromatic heterocycles. The van der Waals surface area contributed by atoms with E-state index in [2.05, 4.69) is 25.7 Å². The Kier molecular flexibility index (Phi) is 4.71. The molecule has 0 radical (unpaired) electrons. The predicted molar refractivity (Wildman–Crippen MR) is 78.6 cm³/mol. The van der Waals surface area contributed by atoms with Gasteiger partial charge in [-0.05, 0) is 64.5 Å². The van der Waals surface area contributed by atoms with Crippen molar-refractivity contribution < 1.29 is 0 Å². The lowest BCUT2D eigenvalue weighted by atomic mass is 9.73. The van der Waals surface area contributed by atoms with Gasteiger partial charge in [0, 0.05) is 11.6 Å². The van der Waals surface area contributed by atoms with Crippen LogP contribution in [0.2, 0.25) is 0 Å². The molecule has 2 heteroatoms. The summed E-state index contributed by atoms with van der Waals surface area (Å²) >= 11 is 0. The van der Waals surface area contributed by atoms with Gasteiger partial charge in [-0.1, -0.05) is 26.2 Å². The third-order valence-electron chi connectivity index (χ3n) is 5.56. The molecule has 106 valence electrons. The average Bonchev–Trinajstić information content (AvgIpc) is 2.40. The molecule has 1 aliphatic carbocycles. The summed E-state index contributed by atoms with van der Waals surface area (Å²) in [7, 11) is 0. The van der Waals surface area contributed by atoms with Crippen LogP contribution in [0.5, 0.6) is 0 Å². The van der Waals surface area contributed by atoms with Crippen LogP contribution in [0.4, 0.5) is 0 Å². The summed E-state index contributed by atoms with van der Waals surface area (Å²) in [6.45, 7) is 9.65. The summed E-state index contributed by atoms with van der Waals surface area (Å²) in [6, 6.07) is 0.350. The molecule has 1 aliphatic heterocycles. The minimum atomic E-state index is 0.186. The van der Waals surface area contributed by atoms with Gasteiger partial charge < -0.3 is 5.73 Å². The highest BCUT2D eigenvalue weighted by Gasteiger charge is 2.38. The average molecular weight is 252 g/mol. The highest BCUT2D eigenvalue weighted by Crippen LogP contribution is 2.35. The van der Waals surface area contributed by atoms with Crippen LogP contribution >= 0.6 is 0 Å². The molecule has 2 N–H and O–H groups in total. The molecule has 2 fully saturated rings. The molecule has 2 rings (SSSR count). The van der Waals surface area contributed by atoms with Gasteiger partial charge in [-0.25, -0.2) is 0 Å². The number of nitrogens with zero attached hydrogens (tertiary/aromatic N) is 1. The molecule has 18 heavy (non-hydrogen) atoms. The standard InChI is InChI=1S/C16H32N2/c1-13-7-9-14(10-8-13)15(17)16(2,3)18-11-5-4-6-12-18/h13-15H,4-12,17H2,1-3H3. The molecule has 0 bridgehead atoms. The maximum atomic E-state index is 6.66. The largest absolute Gasteiger partial charge is 0.326 e. The van der Waals surface area contributed by atoms with Crippen molar-refractivity contribution in [3.63, 3.8) is 0 Å². The molecule has 0 amide bonds. The molecule has 0 aromatic rings. The van der Waals surface area contributed by atoms with E-state index in [1.165, 1.54) is 58.0 Å². The SMILES string of the molecule is CC1CCC(C(N)C(C)(C)N2CCCCC2)CC1. The lowest BCUT2D eigenvalue weighted by Gasteiger charge is -2.48. The first-order valence-electron chi connectivity index (χ1n) is 8.02. The van der Waals surface area contributed by atoms with Crippen molar-refractivity contribution in [2.45, 2.75) is 77.3 Å². The highest BCUT2D eigenvalue weighted by molar-refractivity contribution is 4.97. The lowest BCUT2D eigenvalue weighted by molar-refractivity contribution is 0.0442. The van der Waals surface area contributed by atoms with Crippen LogP contribution in [0.25, 0.3) is 0 Å². The lowest BCUT2D eigenvalue weighted by Crippen LogP contribution is -2.60. The van der Waals surface area contributed by atoms with Gasteiger partial charge in [-0.15, -0.1) is 0 Å². The van der Waals surface area contributed by atoms with Crippen molar-refractivity contribution in [2.75, 3.05) is 13.1 Å². The molecule has 0 spiro atoms. The van der Waals surface area contributed by atoms with Gasteiger partial charge in [0.05, 0.1) is 0 Å². The number of rotatable bonds is 3. The number of hydrogen-bond acceptors (Lipinski definition) is 2. The molecular formula is C16H32N2. The molecule has 1 heterocycles. The molecule has 0 aromatic carbocycles. The van der Waals surface area contributed by atoms with Crippen molar-refractivity contribution in [1.29, 1.82) is 0 Å². The minimum Gasteiger partial charge on any atom is -0.326 e. The molecular weight excluding hydrogens is 220 g/mol. The van der Waals surface area contributed by atoms with Gasteiger partial charge in [0.15, 0.2) is 0 Å². The van der Waals surface area contributed by atoms with Gasteiger partial charge in [0.1, 0.15) is 0 Å². The zero-order chi connectivity index (χ0) is 13.2. The summed E-state index contributed by atoms with van der Waals surface area (Å²) < 4.78 is 0. The second kappa shape index (κ2) is 5.92. The Bertz CT molecular complexity index is 248. The normalized spacial score (nSPS) is 33.3. The Labute approximate surface area is 113 Å². The maximum absolute atomic E-state index is 6.66. The zero-order valence-corrected chi connectivity index (χ0v) is 12.6. The van der Waals surface area contributed by atoms with Crippen molar-refractivity contribution >= 4 is 0 Å². The Balaban J connectivity index is 1.95. The molecule has 1 unspecified atom stereocenters. The van der Waals surface area contributed by atoms with E-state index < -0.39 is 0 Å². The first kappa shape index (κ1) is 14.3. The summed E-state index contributed by atoms with van der Waals surface area (Å²) in [5.74, 6) is 1.67. The molecule has 2 nitrogen and oxygen atoms in total. The van der Waals surface area contributed by atoms with E-state index in [0.717, 1.165) is 11.8 Å². The van der Waals surface area contributed by atoms with Gasteiger partial charge in [-0.2, -0.15) is 0 Å². The van der Waals surface area contributed by atoms with Crippen molar-refractivity contribution in [2.24, 2.45) is 17.6 Å². The van der Waals surface area contributed by atoms with Gasteiger partial charge >= 0.3 is 0 Å². The fourth-order valence-electron chi connectivity index (χ4n) is 3.90. The number of nitrogens with two attached hydrogens (primary N) is 1. The van der Waals surface area contributed by atoms with Crippen LogP contribution in [-0.2, 0) is 0 Å². The van der Waals surface area contributed by atoms with Crippen molar-refractivity contribution in [3.8, 4) is 0 Å². The van der Waals surface area contributed by atoms with E-state index in [9.17, 15) is 0 Å². The monoisotopic (exact) mass is 252 g/mol. The highest BCUT2D eigenvalue weighted by atomic mass is 15.2. The molecule has 1 saturated carbocycles. The Morgan fingerprint density at radius 1 is 1.00 bits per heavy atom. The van der Waals surface area contributed by atoms with Crippen LogP contribution in [0, 0.1) is 11.8 Å². The maximum Gasteiger partial charge on any atom is 0.0306 e. The third-order valence-corrected chi connectivity index (χ3v) is 5.56. The summed E-state index contributed by atoms with van der Waals surface area (Å²) in [5, 5.41) is 0. The molecule has 1 atom stereocenters. The van der Waals surface area contributed by atoms with E-state index in [1.807, 2.05) is 0 Å². The van der Waals surface area contributed by atoms with Crippen LogP contribution in [-0.4, -0.2) is 29.6 Å². The second-order valence-electron chi connectivity index (χ2n) is 7.25. The van der Waals surface area contributed by atoms with Crippen molar-refractivity contribution in [1.82, 2.24) is 4.90 Å². The molecule has 1 saturated heterocycles. The van der Waals surface area contributed by atoms with E-state index in [-0.39, 0.29) is 5.54 Å². The van der Waals surface area contributed by atoms with Crippen LogP contribution < -0.4 is 5.73 Å². The Morgan fingerprint density at radius 3 is 2.11 bits per heavy atom. The zero-order valence-electron chi connectivity index (χ0n) is 12.6. The third kappa shape index (κ3) is 3.08. The first-order valence-corrected chi connectivity index (χ1v) is 8.02. The van der Waals surface area contributed by atoms with Crippen LogP contribution in [0.15, 0.2) is 0 Å². The Hall–Kier alpha value is -0.0800. The number of likely N-dealkylation sites (tertiary alicyclic amines) is 1. The van der Waals surface area contributed by atoms with Gasteiger partial charge in [-0.3, -0.25) is 4.90 Å². The van der Waals surface area contributed by atoms with E-state index >= 15 is 0 Å². The summed E-state index contributed by atoms with van der Waals surface area (Å²) in [5.41, 5.74) is 6.85. The smallest absolute Gasteiger partial charge is 0.0306 e. The summed E-state index contributed by atoms with van der Waals surface area (Å²) in [6.07, 6.45) is 9.58. The number of hydrogen-bond donors (Lipinski definition) is 1. The van der Waals surface area contributed by atoms with E-state index in [1.54, 1.807) is 0 Å². The fraction of sp³-hybridized carbons (Fsp3) is 1.00. The topological polar surface area (TPSA) is 29.3 Å². The van der Waals surface area contributed by atoms with Crippen LogP contribution in [0.3, 0.4) is 0 Å². The van der Waals surface area contributed by atoms with Crippen LogP contribution in [0.1, 0.15) is 65.7 Å². The van der Waals surface area contributed by atoms with Gasteiger partial charge in [0.25, 0.3) is 0 Å². The van der Waals surface area contributed by atoms with Crippen molar-refractivity contribution in [3.05, 3.63) is 0 Å². The molecule has 2 aliphatic rings.